The van der Waals surface area contributed by atoms with Crippen molar-refractivity contribution in [1.29, 1.82) is 0 Å². The fourth-order valence-electron chi connectivity index (χ4n) is 2.78. The number of nitrogen functional groups attached to an aromatic ring is 1. The van der Waals surface area contributed by atoms with Crippen molar-refractivity contribution in [3.63, 3.8) is 0 Å². The molecule has 0 aromatic heterocycles. The maximum atomic E-state index is 12.4. The van der Waals surface area contributed by atoms with E-state index in [9.17, 15) is 9.59 Å². The van der Waals surface area contributed by atoms with Crippen LogP contribution in [0.5, 0.6) is 5.75 Å². The van der Waals surface area contributed by atoms with Crippen LogP contribution in [-0.4, -0.2) is 47.5 Å². The third-order valence-corrected chi connectivity index (χ3v) is 3.92. The second-order valence-electron chi connectivity index (χ2n) is 6.25. The molecule has 1 fully saturated rings. The summed E-state index contributed by atoms with van der Waals surface area (Å²) in [5.74, 6) is -0.663. The molecule has 1 saturated heterocycles. The third kappa shape index (κ3) is 4.69. The van der Waals surface area contributed by atoms with Crippen molar-refractivity contribution >= 4 is 17.4 Å². The quantitative estimate of drug-likeness (QED) is 0.615. The van der Waals surface area contributed by atoms with Crippen molar-refractivity contribution in [1.82, 2.24) is 4.90 Å². The average Bonchev–Trinajstić information content (AvgIpc) is 2.49. The number of hydrogen-bond donors (Lipinski definition) is 2. The van der Waals surface area contributed by atoms with Crippen molar-refractivity contribution in [3.8, 4) is 5.75 Å². The van der Waals surface area contributed by atoms with Crippen LogP contribution in [0.2, 0.25) is 0 Å². The van der Waals surface area contributed by atoms with Crippen LogP contribution >= 0.6 is 0 Å². The minimum absolute atomic E-state index is 0.0140. The third-order valence-electron chi connectivity index (χ3n) is 3.92. The second kappa shape index (κ2) is 7.46. The van der Waals surface area contributed by atoms with Gasteiger partial charge in [0, 0.05) is 12.1 Å². The number of aliphatic carboxylic acids is 1. The predicted molar refractivity (Wildman–Crippen MR) is 87.7 cm³/mol. The highest BCUT2D eigenvalue weighted by molar-refractivity contribution is 5.98. The van der Waals surface area contributed by atoms with Crippen LogP contribution in [0.1, 0.15) is 37.0 Å². The van der Waals surface area contributed by atoms with E-state index in [0.717, 1.165) is 13.0 Å². The zero-order chi connectivity index (χ0) is 17.0. The van der Waals surface area contributed by atoms with Crippen LogP contribution in [0, 0.1) is 5.92 Å². The van der Waals surface area contributed by atoms with E-state index in [-0.39, 0.29) is 24.3 Å². The van der Waals surface area contributed by atoms with Gasteiger partial charge < -0.3 is 15.6 Å². The number of Topliss-reactive ketones (excluding diaryl/α,β-unsaturated/α-hetero) is 1. The summed E-state index contributed by atoms with van der Waals surface area (Å²) < 4.78 is 5.56. The molecule has 2 rings (SSSR count). The maximum Gasteiger partial charge on any atom is 0.307 e. The first kappa shape index (κ1) is 17.3. The molecular weight excluding hydrogens is 296 g/mol. The minimum atomic E-state index is -0.790. The fraction of sp³-hybridized carbons (Fsp3) is 0.529. The van der Waals surface area contributed by atoms with Crippen molar-refractivity contribution in [2.45, 2.75) is 32.8 Å². The van der Waals surface area contributed by atoms with Gasteiger partial charge in [-0.05, 0) is 51.4 Å². The van der Waals surface area contributed by atoms with Gasteiger partial charge in [-0.1, -0.05) is 0 Å². The molecule has 0 spiro atoms. The monoisotopic (exact) mass is 320 g/mol. The molecule has 1 aromatic carbocycles. The molecule has 23 heavy (non-hydrogen) atoms. The van der Waals surface area contributed by atoms with Crippen LogP contribution in [0.3, 0.4) is 0 Å². The summed E-state index contributed by atoms with van der Waals surface area (Å²) in [4.78, 5) is 25.4. The first-order valence-corrected chi connectivity index (χ1v) is 7.91. The van der Waals surface area contributed by atoms with Gasteiger partial charge in [-0.15, -0.1) is 0 Å². The predicted octanol–water partition coefficient (Wildman–Crippen LogP) is 2.04. The molecule has 1 atom stereocenters. The molecule has 0 bridgehead atoms. The van der Waals surface area contributed by atoms with Crippen molar-refractivity contribution in [2.75, 3.05) is 25.4 Å². The molecule has 1 aliphatic heterocycles. The van der Waals surface area contributed by atoms with Gasteiger partial charge in [0.2, 0.25) is 0 Å². The number of nitrogens with two attached hydrogens (primary N) is 1. The number of nitrogens with zero attached hydrogens (tertiary/aromatic N) is 1. The number of carbonyl (C=O) groups is 2. The van der Waals surface area contributed by atoms with Gasteiger partial charge in [0.1, 0.15) is 5.75 Å². The van der Waals surface area contributed by atoms with Crippen LogP contribution in [0.4, 0.5) is 5.69 Å². The molecule has 0 aliphatic carbocycles. The van der Waals surface area contributed by atoms with Gasteiger partial charge in [0.15, 0.2) is 5.78 Å². The Labute approximate surface area is 136 Å². The van der Waals surface area contributed by atoms with E-state index < -0.39 is 5.97 Å². The van der Waals surface area contributed by atoms with Crippen LogP contribution in [0.25, 0.3) is 0 Å². The highest BCUT2D eigenvalue weighted by Crippen LogP contribution is 2.24. The smallest absolute Gasteiger partial charge is 0.307 e. The zero-order valence-corrected chi connectivity index (χ0v) is 13.6. The normalized spacial score (nSPS) is 18.8. The Kier molecular flexibility index (Phi) is 5.60. The van der Waals surface area contributed by atoms with Gasteiger partial charge in [0.25, 0.3) is 0 Å². The minimum Gasteiger partial charge on any atom is -0.489 e. The number of anilines is 1. The Bertz CT molecular complexity index is 586. The molecule has 3 N–H and O–H groups in total. The molecule has 0 saturated carbocycles. The Morgan fingerprint density at radius 1 is 1.43 bits per heavy atom. The first-order valence-electron chi connectivity index (χ1n) is 7.91. The Morgan fingerprint density at radius 2 is 2.17 bits per heavy atom. The molecular formula is C17H24N2O4. The summed E-state index contributed by atoms with van der Waals surface area (Å²) in [6.45, 7) is 5.21. The number of piperidine rings is 1. The van der Waals surface area contributed by atoms with Crippen LogP contribution < -0.4 is 10.5 Å². The Morgan fingerprint density at radius 3 is 2.78 bits per heavy atom. The van der Waals surface area contributed by atoms with E-state index in [0.29, 0.717) is 30.0 Å². The van der Waals surface area contributed by atoms with Crippen LogP contribution in [0.15, 0.2) is 18.2 Å². The molecule has 0 amide bonds. The summed E-state index contributed by atoms with van der Waals surface area (Å²) >= 11 is 0. The number of hydrogen-bond acceptors (Lipinski definition) is 5. The SMILES string of the molecule is CC(C)Oc1ccc(C(=O)CN2CCCC(C(=O)O)C2)cc1N. The number of rotatable bonds is 6. The molecule has 0 radical (unpaired) electrons. The second-order valence-corrected chi connectivity index (χ2v) is 6.25. The molecule has 1 heterocycles. The fourth-order valence-corrected chi connectivity index (χ4v) is 2.78. The molecule has 6 heteroatoms. The van der Waals surface area contributed by atoms with Gasteiger partial charge in [-0.25, -0.2) is 0 Å². The molecule has 1 aromatic rings. The zero-order valence-electron chi connectivity index (χ0n) is 13.6. The maximum absolute atomic E-state index is 12.4. The largest absolute Gasteiger partial charge is 0.489 e. The summed E-state index contributed by atoms with van der Waals surface area (Å²) in [7, 11) is 0. The molecule has 6 nitrogen and oxygen atoms in total. The highest BCUT2D eigenvalue weighted by atomic mass is 16.5. The van der Waals surface area contributed by atoms with Crippen molar-refractivity contribution < 1.29 is 19.4 Å². The van der Waals surface area contributed by atoms with Crippen molar-refractivity contribution in [2.24, 2.45) is 5.92 Å². The molecule has 1 aliphatic rings. The number of ketones is 1. The molecule has 1 unspecified atom stereocenters. The number of carbonyl (C=O) groups excluding carboxylic acids is 1. The van der Waals surface area contributed by atoms with Gasteiger partial charge in [0.05, 0.1) is 24.3 Å². The lowest BCUT2D eigenvalue weighted by atomic mass is 9.97. The Hall–Kier alpha value is -2.08. The Balaban J connectivity index is 2.00. The summed E-state index contributed by atoms with van der Waals surface area (Å²) in [5, 5.41) is 9.10. The summed E-state index contributed by atoms with van der Waals surface area (Å²) in [6, 6.07) is 5.03. The van der Waals surface area contributed by atoms with E-state index in [2.05, 4.69) is 0 Å². The van der Waals surface area contributed by atoms with Gasteiger partial charge >= 0.3 is 5.97 Å². The number of ether oxygens (including phenoxy) is 1. The lowest BCUT2D eigenvalue weighted by Gasteiger charge is -2.29. The number of carboxylic acids is 1. The summed E-state index contributed by atoms with van der Waals surface area (Å²) in [5.41, 5.74) is 6.89. The van der Waals surface area contributed by atoms with Gasteiger partial charge in [-0.2, -0.15) is 0 Å². The van der Waals surface area contributed by atoms with Crippen LogP contribution in [-0.2, 0) is 4.79 Å². The first-order chi connectivity index (χ1) is 10.9. The summed E-state index contributed by atoms with van der Waals surface area (Å²) in [6.07, 6.45) is 1.49. The van der Waals surface area contributed by atoms with Gasteiger partial charge in [-0.3, -0.25) is 14.5 Å². The van der Waals surface area contributed by atoms with Crippen molar-refractivity contribution in [3.05, 3.63) is 23.8 Å². The lowest BCUT2D eigenvalue weighted by molar-refractivity contribution is -0.143. The molecule has 126 valence electrons. The average molecular weight is 320 g/mol. The van der Waals surface area contributed by atoms with E-state index in [1.54, 1.807) is 18.2 Å². The highest BCUT2D eigenvalue weighted by Gasteiger charge is 2.26. The van der Waals surface area contributed by atoms with E-state index in [4.69, 9.17) is 15.6 Å². The standard InChI is InChI=1S/C17H24N2O4/c1-11(2)23-16-6-5-12(8-14(16)18)15(20)10-19-7-3-4-13(9-19)17(21)22/h5-6,8,11,13H,3-4,7,9-10,18H2,1-2H3,(H,21,22). The number of carboxylic acid groups (broad SMARTS) is 1. The lowest BCUT2D eigenvalue weighted by Crippen LogP contribution is -2.41. The van der Waals surface area contributed by atoms with E-state index in [1.807, 2.05) is 18.7 Å². The topological polar surface area (TPSA) is 92.9 Å². The van der Waals surface area contributed by atoms with E-state index >= 15 is 0 Å². The number of likely N-dealkylation sites (tertiary alicyclic amines) is 1. The number of benzene rings is 1. The van der Waals surface area contributed by atoms with E-state index in [1.165, 1.54) is 0 Å².